The molecule has 1 heterocycles. The Morgan fingerprint density at radius 1 is 1.37 bits per heavy atom. The zero-order valence-corrected chi connectivity index (χ0v) is 10.7. The number of aromatic nitrogens is 2. The number of Topliss-reactive ketones (excluding diaryl/α,β-unsaturated/α-hetero) is 1. The molecule has 4 heteroatoms. The second-order valence-electron chi connectivity index (χ2n) is 4.71. The maximum Gasteiger partial charge on any atom is 0.163 e. The number of allylic oxidation sites excluding steroid dienone is 5. The Bertz CT molecular complexity index is 565. The van der Waals surface area contributed by atoms with E-state index in [0.29, 0.717) is 13.0 Å². The number of imidazole rings is 1. The molecule has 0 bridgehead atoms. The summed E-state index contributed by atoms with van der Waals surface area (Å²) in [5.74, 6) is 1.05. The predicted octanol–water partition coefficient (Wildman–Crippen LogP) is 2.40. The van der Waals surface area contributed by atoms with Crippen molar-refractivity contribution in [2.24, 2.45) is 0 Å². The first kappa shape index (κ1) is 12.0. The monoisotopic (exact) mass is 256 g/mol. The lowest BCUT2D eigenvalue weighted by molar-refractivity contribution is -0.115. The fourth-order valence-electron chi connectivity index (χ4n) is 2.37. The van der Waals surface area contributed by atoms with Crippen LogP contribution in [0.25, 0.3) is 0 Å². The van der Waals surface area contributed by atoms with E-state index in [1.807, 2.05) is 22.9 Å². The van der Waals surface area contributed by atoms with Crippen LogP contribution in [0.15, 0.2) is 53.9 Å². The molecule has 2 aliphatic carbocycles. The standard InChI is InChI=1S/C15H16N2O2/c18-15-3-1-2-12-4-5-13(10-14(12)15)19-9-8-17-7-6-16-11-17/h2,5-7,10-11H,1,3-4,8-9H2. The van der Waals surface area contributed by atoms with Crippen molar-refractivity contribution in [3.8, 4) is 0 Å². The molecule has 0 saturated carbocycles. The number of hydrogen-bond acceptors (Lipinski definition) is 3. The lowest BCUT2D eigenvalue weighted by atomic mass is 9.87. The van der Waals surface area contributed by atoms with E-state index < -0.39 is 0 Å². The van der Waals surface area contributed by atoms with Gasteiger partial charge in [0.1, 0.15) is 12.4 Å². The van der Waals surface area contributed by atoms with Crippen LogP contribution in [0.1, 0.15) is 19.3 Å². The van der Waals surface area contributed by atoms with Gasteiger partial charge >= 0.3 is 0 Å². The van der Waals surface area contributed by atoms with Crippen LogP contribution in [0.2, 0.25) is 0 Å². The van der Waals surface area contributed by atoms with E-state index in [9.17, 15) is 4.79 Å². The second kappa shape index (κ2) is 5.26. The third-order valence-corrected chi connectivity index (χ3v) is 3.40. The van der Waals surface area contributed by atoms with Crippen molar-refractivity contribution in [1.29, 1.82) is 0 Å². The van der Waals surface area contributed by atoms with Gasteiger partial charge in [0.25, 0.3) is 0 Å². The van der Waals surface area contributed by atoms with E-state index in [4.69, 9.17) is 4.74 Å². The molecule has 0 N–H and O–H groups in total. The van der Waals surface area contributed by atoms with Crippen molar-refractivity contribution in [3.05, 3.63) is 53.9 Å². The fourth-order valence-corrected chi connectivity index (χ4v) is 2.37. The van der Waals surface area contributed by atoms with Crippen LogP contribution in [0.4, 0.5) is 0 Å². The number of nitrogens with zero attached hydrogens (tertiary/aromatic N) is 2. The Morgan fingerprint density at radius 2 is 2.32 bits per heavy atom. The largest absolute Gasteiger partial charge is 0.492 e. The minimum Gasteiger partial charge on any atom is -0.492 e. The molecule has 0 radical (unpaired) electrons. The summed E-state index contributed by atoms with van der Waals surface area (Å²) in [6.07, 6.45) is 13.8. The molecular formula is C15H16N2O2. The molecule has 0 atom stereocenters. The van der Waals surface area contributed by atoms with Gasteiger partial charge in [0, 0.05) is 24.4 Å². The minimum atomic E-state index is 0.237. The molecule has 0 unspecified atom stereocenters. The van der Waals surface area contributed by atoms with Gasteiger partial charge in [0.05, 0.1) is 12.9 Å². The van der Waals surface area contributed by atoms with Crippen molar-refractivity contribution in [1.82, 2.24) is 9.55 Å². The maximum atomic E-state index is 11.8. The summed E-state index contributed by atoms with van der Waals surface area (Å²) in [6, 6.07) is 0. The van der Waals surface area contributed by atoms with Gasteiger partial charge < -0.3 is 9.30 Å². The topological polar surface area (TPSA) is 44.1 Å². The zero-order valence-electron chi connectivity index (χ0n) is 10.7. The van der Waals surface area contributed by atoms with Crippen LogP contribution in [-0.4, -0.2) is 21.9 Å². The van der Waals surface area contributed by atoms with Gasteiger partial charge in [-0.2, -0.15) is 0 Å². The summed E-state index contributed by atoms with van der Waals surface area (Å²) in [5.41, 5.74) is 1.99. The molecule has 0 spiro atoms. The number of hydrogen-bond donors (Lipinski definition) is 0. The molecule has 19 heavy (non-hydrogen) atoms. The van der Waals surface area contributed by atoms with Crippen molar-refractivity contribution >= 4 is 5.78 Å². The third-order valence-electron chi connectivity index (χ3n) is 3.40. The molecule has 98 valence electrons. The highest BCUT2D eigenvalue weighted by Crippen LogP contribution is 2.29. The summed E-state index contributed by atoms with van der Waals surface area (Å²) < 4.78 is 7.68. The average molecular weight is 256 g/mol. The molecule has 0 amide bonds. The van der Waals surface area contributed by atoms with Crippen molar-refractivity contribution < 1.29 is 9.53 Å². The average Bonchev–Trinajstić information content (AvgIpc) is 2.93. The first-order valence-electron chi connectivity index (χ1n) is 6.56. The Balaban J connectivity index is 1.60. The number of rotatable bonds is 4. The van der Waals surface area contributed by atoms with Crippen molar-refractivity contribution in [2.45, 2.75) is 25.8 Å². The van der Waals surface area contributed by atoms with Crippen LogP contribution in [0.3, 0.4) is 0 Å². The highest BCUT2D eigenvalue weighted by molar-refractivity contribution is 6.01. The smallest absolute Gasteiger partial charge is 0.163 e. The number of carbonyl (C=O) groups excluding carboxylic acids is 1. The van der Waals surface area contributed by atoms with E-state index in [1.165, 1.54) is 0 Å². The molecular weight excluding hydrogens is 240 g/mol. The van der Waals surface area contributed by atoms with E-state index in [0.717, 1.165) is 36.3 Å². The zero-order chi connectivity index (χ0) is 13.1. The van der Waals surface area contributed by atoms with Gasteiger partial charge in [-0.1, -0.05) is 6.08 Å². The Hall–Kier alpha value is -2.10. The molecule has 0 aliphatic heterocycles. The highest BCUT2D eigenvalue weighted by atomic mass is 16.5. The predicted molar refractivity (Wildman–Crippen MR) is 71.3 cm³/mol. The molecule has 0 saturated heterocycles. The van der Waals surface area contributed by atoms with Crippen molar-refractivity contribution in [2.75, 3.05) is 6.61 Å². The van der Waals surface area contributed by atoms with Gasteiger partial charge in [-0.15, -0.1) is 0 Å². The first-order chi connectivity index (χ1) is 9.33. The number of ether oxygens (including phenoxy) is 1. The summed E-state index contributed by atoms with van der Waals surface area (Å²) in [6.45, 7) is 1.34. The maximum absolute atomic E-state index is 11.8. The Labute approximate surface area is 112 Å². The molecule has 2 aliphatic rings. The molecule has 4 nitrogen and oxygen atoms in total. The summed E-state index contributed by atoms with van der Waals surface area (Å²) in [7, 11) is 0. The van der Waals surface area contributed by atoms with Gasteiger partial charge in [-0.3, -0.25) is 4.79 Å². The van der Waals surface area contributed by atoms with Crippen LogP contribution in [0.5, 0.6) is 0 Å². The Kier molecular flexibility index (Phi) is 3.31. The quantitative estimate of drug-likeness (QED) is 0.831. The molecule has 0 fully saturated rings. The fraction of sp³-hybridized carbons (Fsp3) is 0.333. The van der Waals surface area contributed by atoms with Crippen LogP contribution < -0.4 is 0 Å². The van der Waals surface area contributed by atoms with Gasteiger partial charge in [0.15, 0.2) is 5.78 Å². The lowest BCUT2D eigenvalue weighted by Gasteiger charge is -2.20. The van der Waals surface area contributed by atoms with Crippen LogP contribution in [0, 0.1) is 0 Å². The van der Waals surface area contributed by atoms with Crippen molar-refractivity contribution in [3.63, 3.8) is 0 Å². The summed E-state index contributed by atoms with van der Waals surface area (Å²) in [4.78, 5) is 15.8. The third kappa shape index (κ3) is 2.67. The van der Waals surface area contributed by atoms with Crippen LogP contribution >= 0.6 is 0 Å². The summed E-state index contributed by atoms with van der Waals surface area (Å²) >= 11 is 0. The molecule has 3 rings (SSSR count). The number of carbonyl (C=O) groups is 1. The first-order valence-corrected chi connectivity index (χ1v) is 6.56. The normalized spacial score (nSPS) is 18.3. The SMILES string of the molecule is O=C1CCC=C2CC=C(OCCn3ccnc3)C=C12. The van der Waals surface area contributed by atoms with E-state index in [1.54, 1.807) is 12.5 Å². The second-order valence-corrected chi connectivity index (χ2v) is 4.71. The summed E-state index contributed by atoms with van der Waals surface area (Å²) in [5, 5.41) is 0. The lowest BCUT2D eigenvalue weighted by Crippen LogP contribution is -2.13. The van der Waals surface area contributed by atoms with E-state index in [2.05, 4.69) is 11.1 Å². The van der Waals surface area contributed by atoms with Crippen LogP contribution in [-0.2, 0) is 16.1 Å². The molecule has 0 aromatic carbocycles. The van der Waals surface area contributed by atoms with E-state index in [-0.39, 0.29) is 5.78 Å². The van der Waals surface area contributed by atoms with E-state index >= 15 is 0 Å². The van der Waals surface area contributed by atoms with Gasteiger partial charge in [-0.25, -0.2) is 4.98 Å². The number of fused-ring (bicyclic) bond motifs is 1. The Morgan fingerprint density at radius 3 is 3.16 bits per heavy atom. The number of ketones is 1. The minimum absolute atomic E-state index is 0.237. The molecule has 1 aromatic rings. The van der Waals surface area contributed by atoms with Gasteiger partial charge in [-0.05, 0) is 30.6 Å². The van der Waals surface area contributed by atoms with Gasteiger partial charge in [0.2, 0.25) is 0 Å². The molecule has 1 aromatic heterocycles. The highest BCUT2D eigenvalue weighted by Gasteiger charge is 2.21.